The highest BCUT2D eigenvalue weighted by Gasteiger charge is 2.09. The summed E-state index contributed by atoms with van der Waals surface area (Å²) in [5.41, 5.74) is 0. The van der Waals surface area contributed by atoms with Gasteiger partial charge in [-0.3, -0.25) is 4.79 Å². The van der Waals surface area contributed by atoms with Crippen LogP contribution in [0.15, 0.2) is 5.16 Å². The molecule has 1 aromatic heterocycles. The molecule has 1 aromatic rings. The molecule has 0 aliphatic carbocycles. The molecular weight excluding hydrogens is 266 g/mol. The molecule has 0 aliphatic rings. The molecule has 1 amide bonds. The molecule has 0 saturated carbocycles. The largest absolute Gasteiger partial charge is 0.342 e. The first kappa shape index (κ1) is 15.4. The predicted molar refractivity (Wildman–Crippen MR) is 70.3 cm³/mol. The van der Waals surface area contributed by atoms with Crippen molar-refractivity contribution in [3.8, 4) is 6.07 Å². The number of nitriles is 1. The number of thioether (sulfide) groups is 1. The maximum Gasteiger partial charge on any atom is 0.231 e. The quantitative estimate of drug-likeness (QED) is 0.354. The van der Waals surface area contributed by atoms with Gasteiger partial charge in [0.05, 0.1) is 18.4 Å². The average Bonchev–Trinajstić information content (AvgIpc) is 2.86. The molecule has 0 saturated heterocycles. The lowest BCUT2D eigenvalue weighted by molar-refractivity contribution is -0.118. The standard InChI is InChI=1S/C10H17N7OS/c1-2-4-12-6-7-17-10(14-15-16-17)19-8-9(18)13-5-3-11/h12H,2,4-8H2,1H3,(H,13,18). The van der Waals surface area contributed by atoms with Crippen molar-refractivity contribution in [2.75, 3.05) is 25.4 Å². The molecule has 19 heavy (non-hydrogen) atoms. The van der Waals surface area contributed by atoms with Crippen LogP contribution in [0.25, 0.3) is 0 Å². The fraction of sp³-hybridized carbons (Fsp3) is 0.700. The molecule has 1 heterocycles. The lowest BCUT2D eigenvalue weighted by atomic mass is 10.5. The Morgan fingerprint density at radius 1 is 1.53 bits per heavy atom. The smallest absolute Gasteiger partial charge is 0.231 e. The SMILES string of the molecule is CCCNCCn1nnnc1SCC(=O)NCC#N. The summed E-state index contributed by atoms with van der Waals surface area (Å²) in [7, 11) is 0. The monoisotopic (exact) mass is 283 g/mol. The minimum Gasteiger partial charge on any atom is -0.342 e. The van der Waals surface area contributed by atoms with E-state index in [2.05, 4.69) is 33.1 Å². The number of nitrogens with zero attached hydrogens (tertiary/aromatic N) is 5. The number of rotatable bonds is 9. The Morgan fingerprint density at radius 2 is 2.37 bits per heavy atom. The van der Waals surface area contributed by atoms with Crippen molar-refractivity contribution < 1.29 is 4.79 Å². The maximum atomic E-state index is 11.3. The molecule has 0 aromatic carbocycles. The summed E-state index contributed by atoms with van der Waals surface area (Å²) >= 11 is 1.25. The van der Waals surface area contributed by atoms with Crippen LogP contribution in [0.5, 0.6) is 0 Å². The van der Waals surface area contributed by atoms with Gasteiger partial charge in [0, 0.05) is 6.54 Å². The lowest BCUT2D eigenvalue weighted by Crippen LogP contribution is -2.25. The molecular formula is C10H17N7OS. The van der Waals surface area contributed by atoms with Crippen molar-refractivity contribution >= 4 is 17.7 Å². The van der Waals surface area contributed by atoms with Gasteiger partial charge in [0.2, 0.25) is 11.1 Å². The number of carbonyl (C=O) groups excluding carboxylic acids is 1. The van der Waals surface area contributed by atoms with Gasteiger partial charge < -0.3 is 10.6 Å². The normalized spacial score (nSPS) is 10.1. The number of hydrogen-bond acceptors (Lipinski definition) is 7. The zero-order valence-electron chi connectivity index (χ0n) is 10.8. The summed E-state index contributed by atoms with van der Waals surface area (Å²) in [5, 5.41) is 26.0. The number of tetrazole rings is 1. The van der Waals surface area contributed by atoms with Crippen molar-refractivity contribution in [2.24, 2.45) is 0 Å². The van der Waals surface area contributed by atoms with E-state index < -0.39 is 0 Å². The zero-order valence-corrected chi connectivity index (χ0v) is 11.6. The first-order chi connectivity index (χ1) is 9.27. The second-order valence-electron chi connectivity index (χ2n) is 3.66. The number of carbonyl (C=O) groups is 1. The summed E-state index contributed by atoms with van der Waals surface area (Å²) in [6, 6.07) is 1.85. The fourth-order valence-electron chi connectivity index (χ4n) is 1.25. The van der Waals surface area contributed by atoms with Gasteiger partial charge in [-0.2, -0.15) is 5.26 Å². The first-order valence-electron chi connectivity index (χ1n) is 6.01. The number of aromatic nitrogens is 4. The van der Waals surface area contributed by atoms with Crippen molar-refractivity contribution in [3.05, 3.63) is 0 Å². The van der Waals surface area contributed by atoms with Gasteiger partial charge in [-0.15, -0.1) is 5.10 Å². The maximum absolute atomic E-state index is 11.3. The van der Waals surface area contributed by atoms with Crippen molar-refractivity contribution in [1.29, 1.82) is 5.26 Å². The predicted octanol–water partition coefficient (Wildman–Crippen LogP) is -0.595. The summed E-state index contributed by atoms with van der Waals surface area (Å²) in [4.78, 5) is 11.3. The topological polar surface area (TPSA) is 109 Å². The molecule has 0 spiro atoms. The highest BCUT2D eigenvalue weighted by Crippen LogP contribution is 2.12. The van der Waals surface area contributed by atoms with E-state index in [4.69, 9.17) is 5.26 Å². The highest BCUT2D eigenvalue weighted by atomic mass is 32.2. The first-order valence-corrected chi connectivity index (χ1v) is 6.99. The van der Waals surface area contributed by atoms with Crippen LogP contribution in [-0.2, 0) is 11.3 Å². The van der Waals surface area contributed by atoms with E-state index in [1.807, 2.05) is 6.07 Å². The number of nitrogens with one attached hydrogen (secondary N) is 2. The molecule has 0 fully saturated rings. The lowest BCUT2D eigenvalue weighted by Gasteiger charge is -2.05. The minimum atomic E-state index is -0.204. The van der Waals surface area contributed by atoms with Crippen LogP contribution < -0.4 is 10.6 Å². The minimum absolute atomic E-state index is 0.0191. The van der Waals surface area contributed by atoms with Crippen LogP contribution in [0.4, 0.5) is 0 Å². The summed E-state index contributed by atoms with van der Waals surface area (Å²) in [6.45, 7) is 4.53. The molecule has 0 aliphatic heterocycles. The summed E-state index contributed by atoms with van der Waals surface area (Å²) in [5.74, 6) is -0.00466. The van der Waals surface area contributed by atoms with Crippen molar-refractivity contribution in [2.45, 2.75) is 25.0 Å². The molecule has 2 N–H and O–H groups in total. The number of hydrogen-bond donors (Lipinski definition) is 2. The van der Waals surface area contributed by atoms with E-state index in [1.165, 1.54) is 11.8 Å². The fourth-order valence-corrected chi connectivity index (χ4v) is 1.98. The third-order valence-corrected chi connectivity index (χ3v) is 3.08. The number of amides is 1. The molecule has 1 rings (SSSR count). The van der Waals surface area contributed by atoms with E-state index in [0.717, 1.165) is 19.5 Å². The van der Waals surface area contributed by atoms with Gasteiger partial charge in [-0.1, -0.05) is 18.7 Å². The average molecular weight is 283 g/mol. The summed E-state index contributed by atoms with van der Waals surface area (Å²) < 4.78 is 1.66. The van der Waals surface area contributed by atoms with Gasteiger partial charge in [-0.05, 0) is 23.4 Å². The molecule has 9 heteroatoms. The zero-order chi connectivity index (χ0) is 13.9. The van der Waals surface area contributed by atoms with Crippen LogP contribution in [0.1, 0.15) is 13.3 Å². The van der Waals surface area contributed by atoms with E-state index >= 15 is 0 Å². The Hall–Kier alpha value is -1.66. The van der Waals surface area contributed by atoms with E-state index in [-0.39, 0.29) is 18.2 Å². The Morgan fingerprint density at radius 3 is 3.11 bits per heavy atom. The van der Waals surface area contributed by atoms with Crippen LogP contribution in [-0.4, -0.2) is 51.5 Å². The second kappa shape index (κ2) is 9.29. The third kappa shape index (κ3) is 6.17. The van der Waals surface area contributed by atoms with Crippen LogP contribution in [0.2, 0.25) is 0 Å². The van der Waals surface area contributed by atoms with Gasteiger partial charge in [-0.25, -0.2) is 4.68 Å². The van der Waals surface area contributed by atoms with Gasteiger partial charge in [0.25, 0.3) is 0 Å². The van der Waals surface area contributed by atoms with Crippen LogP contribution in [0.3, 0.4) is 0 Å². The molecule has 0 atom stereocenters. The highest BCUT2D eigenvalue weighted by molar-refractivity contribution is 7.99. The molecule has 0 radical (unpaired) electrons. The molecule has 8 nitrogen and oxygen atoms in total. The molecule has 104 valence electrons. The Bertz CT molecular complexity index is 428. The van der Waals surface area contributed by atoms with E-state index in [9.17, 15) is 4.79 Å². The Balaban J connectivity index is 2.32. The van der Waals surface area contributed by atoms with E-state index in [1.54, 1.807) is 4.68 Å². The van der Waals surface area contributed by atoms with Crippen molar-refractivity contribution in [1.82, 2.24) is 30.8 Å². The molecule has 0 unspecified atom stereocenters. The van der Waals surface area contributed by atoms with Crippen molar-refractivity contribution in [3.63, 3.8) is 0 Å². The Kier molecular flexibility index (Phi) is 7.53. The van der Waals surface area contributed by atoms with Gasteiger partial charge in [0.15, 0.2) is 0 Å². The van der Waals surface area contributed by atoms with E-state index in [0.29, 0.717) is 11.7 Å². The Labute approximate surface area is 115 Å². The van der Waals surface area contributed by atoms with Gasteiger partial charge >= 0.3 is 0 Å². The second-order valence-corrected chi connectivity index (χ2v) is 4.60. The van der Waals surface area contributed by atoms with Gasteiger partial charge in [0.1, 0.15) is 6.54 Å². The van der Waals surface area contributed by atoms with Crippen LogP contribution in [0, 0.1) is 11.3 Å². The summed E-state index contributed by atoms with van der Waals surface area (Å²) in [6.07, 6.45) is 1.08. The molecule has 0 bridgehead atoms. The van der Waals surface area contributed by atoms with Crippen LogP contribution >= 0.6 is 11.8 Å². The third-order valence-electron chi connectivity index (χ3n) is 2.12.